The summed E-state index contributed by atoms with van der Waals surface area (Å²) in [6, 6.07) is 6.61. The van der Waals surface area contributed by atoms with Crippen LogP contribution in [0.4, 0.5) is 4.39 Å². The molecule has 1 rings (SSSR count). The Balaban J connectivity index is 2.08. The van der Waals surface area contributed by atoms with Crippen LogP contribution in [0, 0.1) is 5.82 Å². The van der Waals surface area contributed by atoms with Gasteiger partial charge in [0.05, 0.1) is 0 Å². The molecule has 0 aliphatic heterocycles. The van der Waals surface area contributed by atoms with Gasteiger partial charge in [0.15, 0.2) is 5.96 Å². The quantitative estimate of drug-likeness (QED) is 0.395. The van der Waals surface area contributed by atoms with Crippen molar-refractivity contribution in [3.8, 4) is 0 Å². The van der Waals surface area contributed by atoms with Crippen molar-refractivity contribution in [2.75, 3.05) is 34.2 Å². The first-order valence-electron chi connectivity index (χ1n) is 8.45. The van der Waals surface area contributed by atoms with E-state index < -0.39 is 0 Å². The van der Waals surface area contributed by atoms with Crippen LogP contribution in [0.2, 0.25) is 0 Å². The number of hydrogen-bond donors (Lipinski definition) is 2. The first-order valence-corrected chi connectivity index (χ1v) is 8.45. The second-order valence-electron chi connectivity index (χ2n) is 6.05. The van der Waals surface area contributed by atoms with Crippen molar-refractivity contribution in [1.82, 2.24) is 15.5 Å². The molecule has 1 aromatic rings. The van der Waals surface area contributed by atoms with Gasteiger partial charge in [-0.25, -0.2) is 4.39 Å². The summed E-state index contributed by atoms with van der Waals surface area (Å²) < 4.78 is 13.1. The lowest BCUT2D eigenvalue weighted by molar-refractivity contribution is 0.389. The van der Waals surface area contributed by atoms with E-state index in [4.69, 9.17) is 0 Å². The van der Waals surface area contributed by atoms with Crippen LogP contribution in [0.3, 0.4) is 0 Å². The average Bonchev–Trinajstić information content (AvgIpc) is 2.52. The maximum atomic E-state index is 13.1. The lowest BCUT2D eigenvalue weighted by Crippen LogP contribution is -2.37. The number of hydrogen-bond acceptors (Lipinski definition) is 2. The molecule has 0 atom stereocenters. The molecule has 0 aliphatic carbocycles. The average molecular weight is 322 g/mol. The van der Waals surface area contributed by atoms with Gasteiger partial charge < -0.3 is 15.5 Å². The molecule has 4 nitrogen and oxygen atoms in total. The molecule has 0 aliphatic rings. The van der Waals surface area contributed by atoms with Crippen LogP contribution >= 0.6 is 0 Å². The minimum absolute atomic E-state index is 0.207. The van der Waals surface area contributed by atoms with Gasteiger partial charge in [-0.1, -0.05) is 31.4 Å². The van der Waals surface area contributed by atoms with Crippen molar-refractivity contribution < 1.29 is 4.39 Å². The number of benzene rings is 1. The predicted molar refractivity (Wildman–Crippen MR) is 96.2 cm³/mol. The highest BCUT2D eigenvalue weighted by Gasteiger charge is 1.99. The number of halogens is 1. The minimum Gasteiger partial charge on any atom is -0.356 e. The maximum Gasteiger partial charge on any atom is 0.191 e. The minimum atomic E-state index is -0.207. The molecule has 5 heteroatoms. The summed E-state index contributed by atoms with van der Waals surface area (Å²) in [4.78, 5) is 6.42. The van der Waals surface area contributed by atoms with E-state index in [2.05, 4.69) is 34.6 Å². The number of aliphatic imine (C=N–C) groups is 1. The van der Waals surface area contributed by atoms with Gasteiger partial charge in [-0.2, -0.15) is 0 Å². The molecule has 0 aromatic heterocycles. The zero-order chi connectivity index (χ0) is 16.9. The van der Waals surface area contributed by atoms with E-state index in [0.717, 1.165) is 24.5 Å². The smallest absolute Gasteiger partial charge is 0.191 e. The molecular formula is C18H31FN4. The first-order chi connectivity index (χ1) is 11.1. The van der Waals surface area contributed by atoms with E-state index in [1.807, 2.05) is 6.07 Å². The molecule has 0 saturated carbocycles. The third kappa shape index (κ3) is 9.89. The summed E-state index contributed by atoms with van der Waals surface area (Å²) in [6.07, 6.45) is 6.23. The predicted octanol–water partition coefficient (Wildman–Crippen LogP) is 3.00. The fraction of sp³-hybridized carbons (Fsp3) is 0.611. The SMILES string of the molecule is CN=C(NCCCCCCCN(C)C)NCc1cccc(F)c1. The Morgan fingerprint density at radius 1 is 1.09 bits per heavy atom. The van der Waals surface area contributed by atoms with Crippen molar-refractivity contribution in [3.63, 3.8) is 0 Å². The summed E-state index contributed by atoms with van der Waals surface area (Å²) in [5.74, 6) is 0.559. The van der Waals surface area contributed by atoms with Gasteiger partial charge in [-0.15, -0.1) is 0 Å². The standard InChI is InChI=1S/C18H31FN4/c1-20-18(22-15-16-10-9-11-17(19)14-16)21-12-7-5-4-6-8-13-23(2)3/h9-11,14H,4-8,12-13,15H2,1-3H3,(H2,20,21,22). The molecule has 130 valence electrons. The molecule has 0 heterocycles. The highest BCUT2D eigenvalue weighted by Crippen LogP contribution is 2.03. The van der Waals surface area contributed by atoms with Gasteiger partial charge in [0.1, 0.15) is 5.82 Å². The fourth-order valence-corrected chi connectivity index (χ4v) is 2.34. The van der Waals surface area contributed by atoms with Crippen LogP contribution in [0.25, 0.3) is 0 Å². The molecular weight excluding hydrogens is 291 g/mol. The summed E-state index contributed by atoms with van der Waals surface area (Å²) in [6.45, 7) is 2.66. The highest BCUT2D eigenvalue weighted by molar-refractivity contribution is 5.79. The Bertz CT molecular complexity index is 460. The topological polar surface area (TPSA) is 39.7 Å². The van der Waals surface area contributed by atoms with E-state index in [9.17, 15) is 4.39 Å². The Morgan fingerprint density at radius 2 is 1.83 bits per heavy atom. The van der Waals surface area contributed by atoms with Gasteiger partial charge >= 0.3 is 0 Å². The Labute approximate surface area is 140 Å². The summed E-state index contributed by atoms with van der Waals surface area (Å²) in [7, 11) is 5.99. The van der Waals surface area contributed by atoms with Crippen molar-refractivity contribution in [2.24, 2.45) is 4.99 Å². The van der Waals surface area contributed by atoms with Crippen LogP contribution in [-0.2, 0) is 6.54 Å². The van der Waals surface area contributed by atoms with Crippen molar-refractivity contribution >= 4 is 5.96 Å². The molecule has 0 amide bonds. The van der Waals surface area contributed by atoms with Crippen LogP contribution in [0.1, 0.15) is 37.7 Å². The zero-order valence-corrected chi connectivity index (χ0v) is 14.7. The van der Waals surface area contributed by atoms with E-state index >= 15 is 0 Å². The lowest BCUT2D eigenvalue weighted by Gasteiger charge is -2.12. The molecule has 23 heavy (non-hydrogen) atoms. The number of guanidine groups is 1. The van der Waals surface area contributed by atoms with E-state index in [1.165, 1.54) is 44.4 Å². The Hall–Kier alpha value is -1.62. The zero-order valence-electron chi connectivity index (χ0n) is 14.7. The van der Waals surface area contributed by atoms with Crippen LogP contribution in [0.15, 0.2) is 29.3 Å². The monoisotopic (exact) mass is 322 g/mol. The van der Waals surface area contributed by atoms with E-state index in [0.29, 0.717) is 6.54 Å². The summed E-state index contributed by atoms with van der Waals surface area (Å²) in [5, 5.41) is 6.50. The third-order valence-electron chi connectivity index (χ3n) is 3.65. The fourth-order valence-electron chi connectivity index (χ4n) is 2.34. The second kappa shape index (κ2) is 11.9. The van der Waals surface area contributed by atoms with Crippen molar-refractivity contribution in [2.45, 2.75) is 38.6 Å². The van der Waals surface area contributed by atoms with Gasteiger partial charge in [0.2, 0.25) is 0 Å². The van der Waals surface area contributed by atoms with E-state index in [-0.39, 0.29) is 5.82 Å². The molecule has 0 fully saturated rings. The maximum absolute atomic E-state index is 13.1. The van der Waals surface area contributed by atoms with Crippen LogP contribution in [-0.4, -0.2) is 45.1 Å². The molecule has 0 radical (unpaired) electrons. The molecule has 0 saturated heterocycles. The van der Waals surface area contributed by atoms with Crippen LogP contribution in [0.5, 0.6) is 0 Å². The molecule has 0 unspecified atom stereocenters. The number of nitrogens with one attached hydrogen (secondary N) is 2. The Morgan fingerprint density at radius 3 is 2.52 bits per heavy atom. The van der Waals surface area contributed by atoms with E-state index in [1.54, 1.807) is 13.1 Å². The van der Waals surface area contributed by atoms with Crippen molar-refractivity contribution in [1.29, 1.82) is 0 Å². The molecule has 0 bridgehead atoms. The Kier molecular flexibility index (Phi) is 10.0. The highest BCUT2D eigenvalue weighted by atomic mass is 19.1. The van der Waals surface area contributed by atoms with Gasteiger partial charge in [0, 0.05) is 20.1 Å². The molecule has 2 N–H and O–H groups in total. The third-order valence-corrected chi connectivity index (χ3v) is 3.65. The number of nitrogens with zero attached hydrogens (tertiary/aromatic N) is 2. The summed E-state index contributed by atoms with van der Waals surface area (Å²) in [5.41, 5.74) is 0.911. The molecule has 0 spiro atoms. The first kappa shape index (κ1) is 19.4. The van der Waals surface area contributed by atoms with Gasteiger partial charge in [-0.05, 0) is 51.2 Å². The van der Waals surface area contributed by atoms with Gasteiger partial charge in [0.25, 0.3) is 0 Å². The normalized spacial score (nSPS) is 11.8. The lowest BCUT2D eigenvalue weighted by atomic mass is 10.1. The van der Waals surface area contributed by atoms with Crippen molar-refractivity contribution in [3.05, 3.63) is 35.6 Å². The molecule has 1 aromatic carbocycles. The van der Waals surface area contributed by atoms with Gasteiger partial charge in [-0.3, -0.25) is 4.99 Å². The number of unbranched alkanes of at least 4 members (excludes halogenated alkanes) is 4. The summed E-state index contributed by atoms with van der Waals surface area (Å²) >= 11 is 0. The largest absolute Gasteiger partial charge is 0.356 e. The van der Waals surface area contributed by atoms with Crippen LogP contribution < -0.4 is 10.6 Å². The number of rotatable bonds is 10. The second-order valence-corrected chi connectivity index (χ2v) is 6.05.